The number of aliphatic carboxylic acids is 1. The summed E-state index contributed by atoms with van der Waals surface area (Å²) >= 11 is 1.94. The Balaban J connectivity index is 1.68. The number of carboxylic acids is 1. The average molecular weight is 272 g/mol. The van der Waals surface area contributed by atoms with Gasteiger partial charge in [-0.25, -0.2) is 4.79 Å². The summed E-state index contributed by atoms with van der Waals surface area (Å²) in [6, 6.07) is -0.0317. The maximum atomic E-state index is 11.9. The van der Waals surface area contributed by atoms with Crippen LogP contribution in [-0.2, 0) is 4.79 Å². The number of carbonyl (C=O) groups is 2. The summed E-state index contributed by atoms with van der Waals surface area (Å²) in [6.45, 7) is 1.87. The van der Waals surface area contributed by atoms with Crippen LogP contribution in [-0.4, -0.2) is 53.1 Å². The first-order valence-electron chi connectivity index (χ1n) is 6.50. The molecule has 2 amide bonds. The van der Waals surface area contributed by atoms with Crippen LogP contribution in [0.2, 0.25) is 0 Å². The molecule has 102 valence electrons. The van der Waals surface area contributed by atoms with E-state index in [1.54, 1.807) is 4.90 Å². The largest absolute Gasteiger partial charge is 0.481 e. The number of amides is 2. The van der Waals surface area contributed by atoms with Crippen LogP contribution in [0.3, 0.4) is 0 Å². The van der Waals surface area contributed by atoms with E-state index < -0.39 is 5.97 Å². The standard InChI is InChI=1S/C12H20N2O3S/c15-11(16)10-1-4-14(5-2-10)12(17)13-7-9-3-6-18-8-9/h9-10H,1-8H2,(H,13,17)(H,15,16). The maximum Gasteiger partial charge on any atom is 0.317 e. The number of carboxylic acid groups (broad SMARTS) is 1. The second kappa shape index (κ2) is 6.31. The molecule has 0 aromatic heterocycles. The Morgan fingerprint density at radius 2 is 2.00 bits per heavy atom. The molecule has 6 heteroatoms. The van der Waals surface area contributed by atoms with Gasteiger partial charge in [0.05, 0.1) is 5.92 Å². The summed E-state index contributed by atoms with van der Waals surface area (Å²) in [7, 11) is 0. The molecule has 2 N–H and O–H groups in total. The highest BCUT2D eigenvalue weighted by Crippen LogP contribution is 2.22. The van der Waals surface area contributed by atoms with Crippen LogP contribution in [0.5, 0.6) is 0 Å². The minimum absolute atomic E-state index is 0.0317. The first kappa shape index (κ1) is 13.5. The van der Waals surface area contributed by atoms with E-state index >= 15 is 0 Å². The summed E-state index contributed by atoms with van der Waals surface area (Å²) in [4.78, 5) is 24.4. The number of carbonyl (C=O) groups excluding carboxylic acids is 1. The van der Waals surface area contributed by atoms with Crippen molar-refractivity contribution in [2.75, 3.05) is 31.1 Å². The van der Waals surface area contributed by atoms with Gasteiger partial charge in [-0.1, -0.05) is 0 Å². The van der Waals surface area contributed by atoms with Crippen LogP contribution in [0.15, 0.2) is 0 Å². The number of thioether (sulfide) groups is 1. The lowest BCUT2D eigenvalue weighted by molar-refractivity contribution is -0.143. The first-order chi connectivity index (χ1) is 8.66. The SMILES string of the molecule is O=C(O)C1CCN(C(=O)NCC2CCSC2)CC1. The number of likely N-dealkylation sites (tertiary alicyclic amines) is 1. The van der Waals surface area contributed by atoms with Crippen molar-refractivity contribution >= 4 is 23.8 Å². The van der Waals surface area contributed by atoms with Gasteiger partial charge in [-0.3, -0.25) is 4.79 Å². The molecular formula is C12H20N2O3S. The highest BCUT2D eigenvalue weighted by atomic mass is 32.2. The molecule has 0 radical (unpaired) electrons. The lowest BCUT2D eigenvalue weighted by Gasteiger charge is -2.30. The number of rotatable bonds is 3. The molecule has 0 spiro atoms. The molecule has 0 aromatic carbocycles. The molecule has 2 aliphatic rings. The number of hydrogen-bond donors (Lipinski definition) is 2. The molecule has 2 rings (SSSR count). The van der Waals surface area contributed by atoms with Crippen molar-refractivity contribution in [1.29, 1.82) is 0 Å². The summed E-state index contributed by atoms with van der Waals surface area (Å²) in [5.74, 6) is 1.93. The third-order valence-corrected chi connectivity index (χ3v) is 4.93. The lowest BCUT2D eigenvalue weighted by atomic mass is 9.97. The van der Waals surface area contributed by atoms with E-state index in [1.165, 1.54) is 12.2 Å². The van der Waals surface area contributed by atoms with Gasteiger partial charge >= 0.3 is 12.0 Å². The predicted octanol–water partition coefficient (Wildman–Crippen LogP) is 1.25. The molecule has 0 saturated carbocycles. The fourth-order valence-corrected chi connectivity index (χ4v) is 3.70. The van der Waals surface area contributed by atoms with Gasteiger partial charge in [-0.2, -0.15) is 11.8 Å². The third-order valence-electron chi connectivity index (χ3n) is 3.70. The Morgan fingerprint density at radius 3 is 2.56 bits per heavy atom. The first-order valence-corrected chi connectivity index (χ1v) is 7.65. The molecule has 1 unspecified atom stereocenters. The van der Waals surface area contributed by atoms with Crippen molar-refractivity contribution in [3.63, 3.8) is 0 Å². The van der Waals surface area contributed by atoms with Crippen LogP contribution < -0.4 is 5.32 Å². The molecule has 2 aliphatic heterocycles. The van der Waals surface area contributed by atoms with Gasteiger partial charge in [-0.05, 0) is 36.7 Å². The second-order valence-electron chi connectivity index (χ2n) is 5.02. The fraction of sp³-hybridized carbons (Fsp3) is 0.833. The van der Waals surface area contributed by atoms with Crippen LogP contribution in [0.25, 0.3) is 0 Å². The Bertz CT molecular complexity index is 310. The molecule has 2 heterocycles. The Morgan fingerprint density at radius 1 is 1.28 bits per heavy atom. The highest BCUT2D eigenvalue weighted by molar-refractivity contribution is 7.99. The van der Waals surface area contributed by atoms with Crippen molar-refractivity contribution in [3.05, 3.63) is 0 Å². The van der Waals surface area contributed by atoms with E-state index in [9.17, 15) is 9.59 Å². The van der Waals surface area contributed by atoms with Gasteiger partial charge in [0.1, 0.15) is 0 Å². The van der Waals surface area contributed by atoms with Crippen molar-refractivity contribution in [2.45, 2.75) is 19.3 Å². The van der Waals surface area contributed by atoms with Crippen LogP contribution in [0.4, 0.5) is 4.79 Å². The van der Waals surface area contributed by atoms with Crippen molar-refractivity contribution < 1.29 is 14.7 Å². The van der Waals surface area contributed by atoms with Crippen molar-refractivity contribution in [2.24, 2.45) is 11.8 Å². The van der Waals surface area contributed by atoms with E-state index in [-0.39, 0.29) is 11.9 Å². The molecule has 1 atom stereocenters. The van der Waals surface area contributed by atoms with E-state index in [2.05, 4.69) is 5.32 Å². The van der Waals surface area contributed by atoms with Gasteiger partial charge in [0.15, 0.2) is 0 Å². The summed E-state index contributed by atoms with van der Waals surface area (Å²) in [6.07, 6.45) is 2.33. The predicted molar refractivity (Wildman–Crippen MR) is 70.8 cm³/mol. The maximum absolute atomic E-state index is 11.9. The molecule has 18 heavy (non-hydrogen) atoms. The van der Waals surface area contributed by atoms with Crippen molar-refractivity contribution in [1.82, 2.24) is 10.2 Å². The van der Waals surface area contributed by atoms with Crippen molar-refractivity contribution in [3.8, 4) is 0 Å². The summed E-state index contributed by atoms with van der Waals surface area (Å²) < 4.78 is 0. The zero-order chi connectivity index (χ0) is 13.0. The monoisotopic (exact) mass is 272 g/mol. The zero-order valence-electron chi connectivity index (χ0n) is 10.4. The molecule has 0 aliphatic carbocycles. The van der Waals surface area contributed by atoms with E-state index in [4.69, 9.17) is 5.11 Å². The van der Waals surface area contributed by atoms with E-state index in [0.29, 0.717) is 31.8 Å². The molecular weight excluding hydrogens is 252 g/mol. The molecule has 0 bridgehead atoms. The van der Waals surface area contributed by atoms with Crippen LogP contribution in [0.1, 0.15) is 19.3 Å². The average Bonchev–Trinajstić information content (AvgIpc) is 2.89. The van der Waals surface area contributed by atoms with Gasteiger partial charge in [-0.15, -0.1) is 0 Å². The summed E-state index contributed by atoms with van der Waals surface area (Å²) in [5, 5.41) is 11.9. The topological polar surface area (TPSA) is 69.6 Å². The highest BCUT2D eigenvalue weighted by Gasteiger charge is 2.27. The minimum Gasteiger partial charge on any atom is -0.481 e. The number of hydrogen-bond acceptors (Lipinski definition) is 3. The third kappa shape index (κ3) is 3.54. The Hall–Kier alpha value is -0.910. The number of piperidine rings is 1. The van der Waals surface area contributed by atoms with Gasteiger partial charge in [0, 0.05) is 19.6 Å². The van der Waals surface area contributed by atoms with E-state index in [1.807, 2.05) is 11.8 Å². The normalized spacial score (nSPS) is 25.1. The summed E-state index contributed by atoms with van der Waals surface area (Å²) in [5.41, 5.74) is 0. The van der Waals surface area contributed by atoms with Crippen LogP contribution >= 0.6 is 11.8 Å². The lowest BCUT2D eigenvalue weighted by Crippen LogP contribution is -2.46. The number of nitrogens with zero attached hydrogens (tertiary/aromatic N) is 1. The zero-order valence-corrected chi connectivity index (χ0v) is 11.2. The second-order valence-corrected chi connectivity index (χ2v) is 6.17. The van der Waals surface area contributed by atoms with Crippen LogP contribution in [0, 0.1) is 11.8 Å². The quantitative estimate of drug-likeness (QED) is 0.811. The molecule has 5 nitrogen and oxygen atoms in total. The van der Waals surface area contributed by atoms with Gasteiger partial charge < -0.3 is 15.3 Å². The van der Waals surface area contributed by atoms with Gasteiger partial charge in [0.25, 0.3) is 0 Å². The fourth-order valence-electron chi connectivity index (χ4n) is 2.42. The van der Waals surface area contributed by atoms with Gasteiger partial charge in [0.2, 0.25) is 0 Å². The van der Waals surface area contributed by atoms with E-state index in [0.717, 1.165) is 12.3 Å². The smallest absolute Gasteiger partial charge is 0.317 e. The number of nitrogens with one attached hydrogen (secondary N) is 1. The molecule has 2 saturated heterocycles. The minimum atomic E-state index is -0.738. The molecule has 0 aromatic rings. The number of urea groups is 1. The Kier molecular flexibility index (Phi) is 4.74. The molecule has 2 fully saturated rings. The Labute approximate surface area is 111 Å².